The first-order valence-electron chi connectivity index (χ1n) is 6.80. The summed E-state index contributed by atoms with van der Waals surface area (Å²) >= 11 is 0. The molecule has 0 aliphatic rings. The van der Waals surface area contributed by atoms with Gasteiger partial charge in [0.15, 0.2) is 0 Å². The minimum Gasteiger partial charge on any atom is -0.302 e. The predicted molar refractivity (Wildman–Crippen MR) is 113 cm³/mol. The molecule has 0 aromatic heterocycles. The van der Waals surface area contributed by atoms with Gasteiger partial charge in [-0.25, -0.2) is 0 Å². The van der Waals surface area contributed by atoms with Crippen molar-refractivity contribution in [2.24, 2.45) is 9.98 Å². The molecule has 0 aliphatic carbocycles. The second-order valence-electron chi connectivity index (χ2n) is 6.32. The van der Waals surface area contributed by atoms with E-state index in [1.807, 2.05) is 6.92 Å². The maximum atomic E-state index is 3.84. The minimum absolute atomic E-state index is 0. The molecular formula is C19H46N4. The summed E-state index contributed by atoms with van der Waals surface area (Å²) in [4.78, 5) is 12.0. The van der Waals surface area contributed by atoms with Crippen molar-refractivity contribution in [3.05, 3.63) is 12.3 Å². The first-order chi connectivity index (χ1) is 8.86. The quantitative estimate of drug-likeness (QED) is 0.674. The van der Waals surface area contributed by atoms with E-state index in [9.17, 15) is 0 Å². The molecule has 4 heteroatoms. The smallest absolute Gasteiger partial charge is 0.0757 e. The highest BCUT2D eigenvalue weighted by Crippen LogP contribution is 2.29. The third kappa shape index (κ3) is 9.67. The van der Waals surface area contributed by atoms with Crippen LogP contribution in [0.3, 0.4) is 0 Å². The van der Waals surface area contributed by atoms with Crippen LogP contribution in [0, 0.1) is 0 Å². The van der Waals surface area contributed by atoms with Gasteiger partial charge >= 0.3 is 0 Å². The second kappa shape index (κ2) is 13.4. The van der Waals surface area contributed by atoms with E-state index in [4.69, 9.17) is 0 Å². The van der Waals surface area contributed by atoms with Crippen LogP contribution in [0.1, 0.15) is 56.9 Å². The van der Waals surface area contributed by atoms with Gasteiger partial charge in [0.05, 0.1) is 11.4 Å². The van der Waals surface area contributed by atoms with Crippen LogP contribution in [0.25, 0.3) is 0 Å². The highest BCUT2D eigenvalue weighted by Gasteiger charge is 2.40. The Labute approximate surface area is 148 Å². The first-order valence-corrected chi connectivity index (χ1v) is 6.80. The third-order valence-electron chi connectivity index (χ3n) is 4.68. The maximum absolute atomic E-state index is 3.84. The summed E-state index contributed by atoms with van der Waals surface area (Å²) in [6.45, 7) is 17.8. The summed E-state index contributed by atoms with van der Waals surface area (Å²) in [5.41, 5.74) is 1.83. The molecule has 0 saturated heterocycles. The Kier molecular flexibility index (Phi) is 19.6. The minimum atomic E-state index is 0. The predicted octanol–water partition coefficient (Wildman–Crippen LogP) is 4.87. The molecule has 0 saturated carbocycles. The molecule has 0 rings (SSSR count). The van der Waals surface area contributed by atoms with Gasteiger partial charge in [0.1, 0.15) is 0 Å². The van der Waals surface area contributed by atoms with Crippen molar-refractivity contribution in [2.75, 3.05) is 35.2 Å². The van der Waals surface area contributed by atoms with Crippen molar-refractivity contribution >= 4 is 12.4 Å². The van der Waals surface area contributed by atoms with Gasteiger partial charge in [-0.3, -0.25) is 9.98 Å². The molecule has 0 amide bonds. The number of hydrogen-bond donors (Lipinski definition) is 0. The van der Waals surface area contributed by atoms with Gasteiger partial charge in [0.25, 0.3) is 0 Å². The van der Waals surface area contributed by atoms with Gasteiger partial charge in [-0.1, -0.05) is 28.9 Å². The molecule has 0 aromatic rings. The van der Waals surface area contributed by atoms with E-state index in [0.717, 1.165) is 5.71 Å². The number of hydrogen-bond acceptors (Lipinski definition) is 4. The van der Waals surface area contributed by atoms with Gasteiger partial charge < -0.3 is 9.80 Å². The highest BCUT2D eigenvalue weighted by molar-refractivity contribution is 5.97. The molecule has 23 heavy (non-hydrogen) atoms. The molecule has 0 radical (unpaired) electrons. The van der Waals surface area contributed by atoms with Crippen LogP contribution in [-0.2, 0) is 0 Å². The van der Waals surface area contributed by atoms with Gasteiger partial charge in [0.2, 0.25) is 0 Å². The molecule has 0 aromatic carbocycles. The average Bonchev–Trinajstić information content (AvgIpc) is 2.36. The van der Waals surface area contributed by atoms with Crippen molar-refractivity contribution in [1.29, 1.82) is 0 Å². The van der Waals surface area contributed by atoms with E-state index >= 15 is 0 Å². The second-order valence-corrected chi connectivity index (χ2v) is 6.32. The Bertz CT molecular complexity index is 332. The van der Waals surface area contributed by atoms with Crippen molar-refractivity contribution in [3.63, 3.8) is 0 Å². The molecule has 0 unspecified atom stereocenters. The summed E-state index contributed by atoms with van der Waals surface area (Å²) < 4.78 is 0. The number of allylic oxidation sites excluding steroid dienone is 1. The number of nitrogens with zero attached hydrogens (tertiary/aromatic N) is 4. The van der Waals surface area contributed by atoms with Crippen LogP contribution < -0.4 is 0 Å². The van der Waals surface area contributed by atoms with Crippen molar-refractivity contribution < 1.29 is 0 Å². The Hall–Kier alpha value is -1.00. The lowest BCUT2D eigenvalue weighted by molar-refractivity contribution is 0.0154. The molecule has 0 aliphatic heterocycles. The summed E-state index contributed by atoms with van der Waals surface area (Å²) in [7, 11) is 10.2. The first kappa shape index (κ1) is 33.6. The fourth-order valence-corrected chi connectivity index (χ4v) is 1.34. The zero-order chi connectivity index (χ0) is 16.7. The zero-order valence-electron chi connectivity index (χ0n) is 15.2. The lowest BCUT2D eigenvalue weighted by atomic mass is 9.80. The highest BCUT2D eigenvalue weighted by atomic mass is 15.3. The van der Waals surface area contributed by atoms with Crippen LogP contribution in [0.15, 0.2) is 22.3 Å². The van der Waals surface area contributed by atoms with Crippen LogP contribution >= 0.6 is 0 Å². The Morgan fingerprint density at radius 1 is 0.826 bits per heavy atom. The summed E-state index contributed by atoms with van der Waals surface area (Å²) in [5, 5.41) is 0. The lowest BCUT2D eigenvalue weighted by Crippen LogP contribution is -2.61. The zero-order valence-corrected chi connectivity index (χ0v) is 15.2. The Morgan fingerprint density at radius 3 is 1.17 bits per heavy atom. The molecule has 0 N–H and O–H groups in total. The van der Waals surface area contributed by atoms with E-state index < -0.39 is 0 Å². The molecule has 0 heterocycles. The van der Waals surface area contributed by atoms with Gasteiger partial charge in [-0.05, 0) is 69.5 Å². The molecule has 0 atom stereocenters. The third-order valence-corrected chi connectivity index (χ3v) is 4.68. The molecule has 0 fully saturated rings. The Morgan fingerprint density at radius 2 is 1.09 bits per heavy atom. The van der Waals surface area contributed by atoms with E-state index in [1.165, 1.54) is 0 Å². The van der Waals surface area contributed by atoms with Crippen molar-refractivity contribution in [3.8, 4) is 0 Å². The average molecular weight is 331 g/mol. The monoisotopic (exact) mass is 330 g/mol. The summed E-state index contributed by atoms with van der Waals surface area (Å²) in [5.74, 6) is 0. The van der Waals surface area contributed by atoms with Crippen LogP contribution in [0.4, 0.5) is 0 Å². The molecule has 4 nitrogen and oxygen atoms in total. The maximum Gasteiger partial charge on any atom is 0.0757 e. The van der Waals surface area contributed by atoms with Gasteiger partial charge in [-0.2, -0.15) is 0 Å². The summed E-state index contributed by atoms with van der Waals surface area (Å²) in [6, 6.07) is 0. The van der Waals surface area contributed by atoms with Crippen LogP contribution in [-0.4, -0.2) is 68.5 Å². The number of likely N-dealkylation sites (N-methyl/N-ethyl adjacent to an activating group) is 2. The molecule has 0 spiro atoms. The van der Waals surface area contributed by atoms with E-state index in [2.05, 4.69) is 89.0 Å². The standard InChI is InChI=1S/C10H24N2.C6H10N2.3CH4/c1-9(2,11(5)6)10(3,4)12(7)8;1-5(7-3)6(2)8-4;;;/h1-8H3;1,3H2,2,4H3;3*1H4. The van der Waals surface area contributed by atoms with Crippen molar-refractivity contribution in [2.45, 2.75) is 68.0 Å². The van der Waals surface area contributed by atoms with Crippen LogP contribution in [0.2, 0.25) is 0 Å². The van der Waals surface area contributed by atoms with E-state index in [1.54, 1.807) is 7.05 Å². The largest absolute Gasteiger partial charge is 0.302 e. The van der Waals surface area contributed by atoms with Crippen LogP contribution in [0.5, 0.6) is 0 Å². The molecule has 142 valence electrons. The van der Waals surface area contributed by atoms with Gasteiger partial charge in [-0.15, -0.1) is 0 Å². The SMILES string of the molecule is C.C.C.C=NC(=C)C(C)=NC.CN(C)C(C)(C)C(C)(C)N(C)C. The lowest BCUT2D eigenvalue weighted by Gasteiger charge is -2.50. The van der Waals surface area contributed by atoms with E-state index in [0.29, 0.717) is 5.70 Å². The molecular weight excluding hydrogens is 284 g/mol. The Balaban J connectivity index is -0.0000000880. The molecule has 0 bridgehead atoms. The fraction of sp³-hybridized carbons (Fsp3) is 0.789. The number of aliphatic imine (C=N–C) groups is 2. The number of rotatable bonds is 5. The summed E-state index contributed by atoms with van der Waals surface area (Å²) in [6.07, 6.45) is 0. The van der Waals surface area contributed by atoms with Crippen molar-refractivity contribution in [1.82, 2.24) is 9.80 Å². The topological polar surface area (TPSA) is 31.2 Å². The normalized spacial score (nSPS) is 11.4. The van der Waals surface area contributed by atoms with Gasteiger partial charge in [0, 0.05) is 18.1 Å². The fourth-order valence-electron chi connectivity index (χ4n) is 1.34. The van der Waals surface area contributed by atoms with E-state index in [-0.39, 0.29) is 33.4 Å².